The molecule has 2 aromatic carbocycles. The van der Waals surface area contributed by atoms with Gasteiger partial charge >= 0.3 is 0 Å². The topological polar surface area (TPSA) is 73.2 Å². The molecule has 0 amide bonds. The first-order valence-corrected chi connectivity index (χ1v) is 7.60. The second-order valence-electron chi connectivity index (χ2n) is 5.45. The molecule has 0 saturated carbocycles. The molecule has 0 radical (unpaired) electrons. The number of hydrogen-bond donors (Lipinski definition) is 2. The van der Waals surface area contributed by atoms with Crippen LogP contribution in [0.4, 0.5) is 0 Å². The van der Waals surface area contributed by atoms with Gasteiger partial charge in [-0.15, -0.1) is 0 Å². The van der Waals surface area contributed by atoms with E-state index in [2.05, 4.69) is 9.97 Å². The number of methoxy groups -OCH3 is 2. The molecule has 3 N–H and O–H groups in total. The van der Waals surface area contributed by atoms with Crippen molar-refractivity contribution in [2.75, 3.05) is 20.8 Å². The smallest absolute Gasteiger partial charge is 0.125 e. The molecule has 5 heteroatoms. The van der Waals surface area contributed by atoms with Gasteiger partial charge in [0.2, 0.25) is 0 Å². The van der Waals surface area contributed by atoms with Crippen LogP contribution in [0.1, 0.15) is 17.3 Å². The number of benzene rings is 2. The first kappa shape index (κ1) is 15.4. The molecule has 0 aliphatic carbocycles. The first-order chi connectivity index (χ1) is 11.2. The van der Waals surface area contributed by atoms with Gasteiger partial charge in [0.05, 0.1) is 25.3 Å². The molecule has 0 aliphatic rings. The lowest BCUT2D eigenvalue weighted by Gasteiger charge is -2.15. The lowest BCUT2D eigenvalue weighted by atomic mass is 9.98. The summed E-state index contributed by atoms with van der Waals surface area (Å²) in [6.45, 7) is 0.509. The number of rotatable bonds is 6. The first-order valence-electron chi connectivity index (χ1n) is 7.60. The summed E-state index contributed by atoms with van der Waals surface area (Å²) in [5, 5.41) is 0. The molecular weight excluding hydrogens is 290 g/mol. The third kappa shape index (κ3) is 3.14. The molecule has 1 heterocycles. The highest BCUT2D eigenvalue weighted by atomic mass is 16.5. The Morgan fingerprint density at radius 2 is 1.96 bits per heavy atom. The number of ether oxygens (including phenoxy) is 2. The van der Waals surface area contributed by atoms with Gasteiger partial charge < -0.3 is 20.2 Å². The Morgan fingerprint density at radius 1 is 1.13 bits per heavy atom. The van der Waals surface area contributed by atoms with Crippen molar-refractivity contribution >= 4 is 11.0 Å². The van der Waals surface area contributed by atoms with Crippen molar-refractivity contribution in [1.82, 2.24) is 9.97 Å². The van der Waals surface area contributed by atoms with Crippen molar-refractivity contribution in [3.05, 3.63) is 53.9 Å². The van der Waals surface area contributed by atoms with Crippen LogP contribution >= 0.6 is 0 Å². The Balaban J connectivity index is 1.90. The normalized spacial score (nSPS) is 12.3. The van der Waals surface area contributed by atoms with Gasteiger partial charge in [0, 0.05) is 18.5 Å². The average Bonchev–Trinajstić information content (AvgIpc) is 3.03. The Labute approximate surface area is 135 Å². The van der Waals surface area contributed by atoms with Gasteiger partial charge in [-0.1, -0.05) is 18.2 Å². The fourth-order valence-electron chi connectivity index (χ4n) is 2.74. The van der Waals surface area contributed by atoms with E-state index in [1.165, 1.54) is 0 Å². The van der Waals surface area contributed by atoms with Crippen LogP contribution in [-0.4, -0.2) is 30.7 Å². The molecule has 5 nitrogen and oxygen atoms in total. The van der Waals surface area contributed by atoms with E-state index in [4.69, 9.17) is 15.2 Å². The van der Waals surface area contributed by atoms with Crippen molar-refractivity contribution in [3.63, 3.8) is 0 Å². The van der Waals surface area contributed by atoms with Gasteiger partial charge in [0.1, 0.15) is 17.3 Å². The molecule has 0 saturated heterocycles. The molecule has 1 atom stereocenters. The number of aromatic nitrogens is 2. The third-order valence-electron chi connectivity index (χ3n) is 4.04. The van der Waals surface area contributed by atoms with Crippen LogP contribution < -0.4 is 15.2 Å². The van der Waals surface area contributed by atoms with E-state index in [9.17, 15) is 0 Å². The van der Waals surface area contributed by atoms with E-state index >= 15 is 0 Å². The largest absolute Gasteiger partial charge is 0.497 e. The van der Waals surface area contributed by atoms with E-state index < -0.39 is 0 Å². The van der Waals surface area contributed by atoms with Gasteiger partial charge in [0.25, 0.3) is 0 Å². The Morgan fingerprint density at radius 3 is 2.65 bits per heavy atom. The van der Waals surface area contributed by atoms with Gasteiger partial charge in [-0.05, 0) is 30.2 Å². The molecule has 3 aromatic rings. The van der Waals surface area contributed by atoms with E-state index in [-0.39, 0.29) is 5.92 Å². The number of nitrogens with two attached hydrogens (primary N) is 1. The summed E-state index contributed by atoms with van der Waals surface area (Å²) >= 11 is 0. The molecule has 0 bridgehead atoms. The lowest BCUT2D eigenvalue weighted by molar-refractivity contribution is 0.390. The third-order valence-corrected chi connectivity index (χ3v) is 4.04. The lowest BCUT2D eigenvalue weighted by Crippen LogP contribution is -2.16. The summed E-state index contributed by atoms with van der Waals surface area (Å²) < 4.78 is 10.7. The summed E-state index contributed by atoms with van der Waals surface area (Å²) in [5.74, 6) is 2.59. The maximum atomic E-state index is 6.00. The highest BCUT2D eigenvalue weighted by molar-refractivity contribution is 5.74. The monoisotopic (exact) mass is 311 g/mol. The highest BCUT2D eigenvalue weighted by Crippen LogP contribution is 2.29. The Hall–Kier alpha value is -2.53. The van der Waals surface area contributed by atoms with E-state index in [0.717, 1.165) is 40.3 Å². The molecule has 0 fully saturated rings. The summed E-state index contributed by atoms with van der Waals surface area (Å²) in [6.07, 6.45) is 0.753. The molecule has 1 aromatic heterocycles. The second kappa shape index (κ2) is 6.71. The maximum absolute atomic E-state index is 6.00. The number of aromatic amines is 1. The van der Waals surface area contributed by atoms with Crippen molar-refractivity contribution in [3.8, 4) is 11.5 Å². The van der Waals surface area contributed by atoms with Crippen LogP contribution in [0.25, 0.3) is 11.0 Å². The number of nitrogens with one attached hydrogen (secondary N) is 1. The fourth-order valence-corrected chi connectivity index (χ4v) is 2.74. The van der Waals surface area contributed by atoms with Gasteiger partial charge in [0.15, 0.2) is 0 Å². The quantitative estimate of drug-likeness (QED) is 0.734. The zero-order valence-electron chi connectivity index (χ0n) is 13.4. The number of H-pyrrole nitrogens is 1. The number of fused-ring (bicyclic) bond motifs is 1. The molecule has 3 rings (SSSR count). The van der Waals surface area contributed by atoms with Crippen LogP contribution in [0.3, 0.4) is 0 Å². The SMILES string of the molecule is COc1ccc(CC(CN)c2nc3ccccc3[nH]2)c(OC)c1. The van der Waals surface area contributed by atoms with Crippen LogP contribution in [0.2, 0.25) is 0 Å². The number of imidazole rings is 1. The predicted molar refractivity (Wildman–Crippen MR) is 91.1 cm³/mol. The van der Waals surface area contributed by atoms with Crippen molar-refractivity contribution in [2.24, 2.45) is 5.73 Å². The van der Waals surface area contributed by atoms with Crippen molar-refractivity contribution in [1.29, 1.82) is 0 Å². The molecular formula is C18H21N3O2. The number of nitrogens with zero attached hydrogens (tertiary/aromatic N) is 1. The maximum Gasteiger partial charge on any atom is 0.125 e. The van der Waals surface area contributed by atoms with Gasteiger partial charge in [-0.3, -0.25) is 0 Å². The highest BCUT2D eigenvalue weighted by Gasteiger charge is 2.17. The summed E-state index contributed by atoms with van der Waals surface area (Å²) in [5.41, 5.74) is 9.07. The minimum Gasteiger partial charge on any atom is -0.497 e. The average molecular weight is 311 g/mol. The summed E-state index contributed by atoms with van der Waals surface area (Å²) in [6, 6.07) is 13.8. The zero-order valence-corrected chi connectivity index (χ0v) is 13.4. The van der Waals surface area contributed by atoms with Crippen LogP contribution in [0, 0.1) is 0 Å². The van der Waals surface area contributed by atoms with Crippen molar-refractivity contribution in [2.45, 2.75) is 12.3 Å². The van der Waals surface area contributed by atoms with Gasteiger partial charge in [-0.2, -0.15) is 0 Å². The number of hydrogen-bond acceptors (Lipinski definition) is 4. The fraction of sp³-hybridized carbons (Fsp3) is 0.278. The standard InChI is InChI=1S/C18H21N3O2/c1-22-14-8-7-12(17(10-14)23-2)9-13(11-19)18-20-15-5-3-4-6-16(15)21-18/h3-8,10,13H,9,11,19H2,1-2H3,(H,20,21). The molecule has 23 heavy (non-hydrogen) atoms. The zero-order chi connectivity index (χ0) is 16.2. The molecule has 1 unspecified atom stereocenters. The minimum atomic E-state index is 0.102. The predicted octanol–water partition coefficient (Wildman–Crippen LogP) is 2.87. The van der Waals surface area contributed by atoms with E-state index in [1.54, 1.807) is 14.2 Å². The Kier molecular flexibility index (Phi) is 4.48. The molecule has 0 spiro atoms. The van der Waals surface area contributed by atoms with Crippen LogP contribution in [0.5, 0.6) is 11.5 Å². The number of para-hydroxylation sites is 2. The minimum absolute atomic E-state index is 0.102. The van der Waals surface area contributed by atoms with E-state index in [0.29, 0.717) is 6.54 Å². The van der Waals surface area contributed by atoms with Gasteiger partial charge in [-0.25, -0.2) is 4.98 Å². The van der Waals surface area contributed by atoms with E-state index in [1.807, 2.05) is 42.5 Å². The molecule has 0 aliphatic heterocycles. The second-order valence-corrected chi connectivity index (χ2v) is 5.45. The van der Waals surface area contributed by atoms with Crippen LogP contribution in [-0.2, 0) is 6.42 Å². The summed E-state index contributed by atoms with van der Waals surface area (Å²) in [4.78, 5) is 8.04. The molecule has 120 valence electrons. The van der Waals surface area contributed by atoms with Crippen molar-refractivity contribution < 1.29 is 9.47 Å². The summed E-state index contributed by atoms with van der Waals surface area (Å²) in [7, 11) is 3.31. The van der Waals surface area contributed by atoms with Crippen LogP contribution in [0.15, 0.2) is 42.5 Å². The Bertz CT molecular complexity index is 765.